The zero-order valence-electron chi connectivity index (χ0n) is 11.2. The minimum absolute atomic E-state index is 0.604. The standard InChI is InChI=1S/C13H24N4/c1-4-11-9-17(12(5-2)7-14-11)13-8-15-16(6-3)10-13/h8,10-12,14H,4-7,9H2,1-3H3. The summed E-state index contributed by atoms with van der Waals surface area (Å²) in [7, 11) is 0. The van der Waals surface area contributed by atoms with Crippen LogP contribution in [0.5, 0.6) is 0 Å². The first-order valence-electron chi connectivity index (χ1n) is 6.80. The van der Waals surface area contributed by atoms with E-state index in [0.29, 0.717) is 12.1 Å². The fourth-order valence-electron chi connectivity index (χ4n) is 2.49. The molecular formula is C13H24N4. The Morgan fingerprint density at radius 1 is 1.35 bits per heavy atom. The van der Waals surface area contributed by atoms with Crippen LogP contribution in [0.15, 0.2) is 12.4 Å². The summed E-state index contributed by atoms with van der Waals surface area (Å²) in [5.74, 6) is 0. The van der Waals surface area contributed by atoms with Crippen molar-refractivity contribution in [2.75, 3.05) is 18.0 Å². The van der Waals surface area contributed by atoms with Gasteiger partial charge >= 0.3 is 0 Å². The topological polar surface area (TPSA) is 33.1 Å². The van der Waals surface area contributed by atoms with Crippen molar-refractivity contribution in [3.05, 3.63) is 12.4 Å². The quantitative estimate of drug-likeness (QED) is 0.866. The van der Waals surface area contributed by atoms with Crippen molar-refractivity contribution in [2.24, 2.45) is 0 Å². The molecule has 17 heavy (non-hydrogen) atoms. The van der Waals surface area contributed by atoms with Gasteiger partial charge in [-0.15, -0.1) is 0 Å². The lowest BCUT2D eigenvalue weighted by atomic mass is 10.0. The highest BCUT2D eigenvalue weighted by molar-refractivity contribution is 5.44. The Kier molecular flexibility index (Phi) is 4.05. The van der Waals surface area contributed by atoms with Crippen molar-refractivity contribution < 1.29 is 0 Å². The first kappa shape index (κ1) is 12.4. The maximum Gasteiger partial charge on any atom is 0.0755 e. The van der Waals surface area contributed by atoms with E-state index in [1.165, 1.54) is 18.5 Å². The summed E-state index contributed by atoms with van der Waals surface area (Å²) >= 11 is 0. The molecule has 0 spiro atoms. The molecule has 1 aliphatic heterocycles. The van der Waals surface area contributed by atoms with Gasteiger partial charge in [-0.05, 0) is 19.8 Å². The van der Waals surface area contributed by atoms with Crippen molar-refractivity contribution in [3.63, 3.8) is 0 Å². The number of nitrogens with zero attached hydrogens (tertiary/aromatic N) is 3. The van der Waals surface area contributed by atoms with Gasteiger partial charge in [-0.2, -0.15) is 5.10 Å². The largest absolute Gasteiger partial charge is 0.363 e. The van der Waals surface area contributed by atoms with Gasteiger partial charge in [0.2, 0.25) is 0 Å². The van der Waals surface area contributed by atoms with Gasteiger partial charge in [0.05, 0.1) is 11.9 Å². The maximum atomic E-state index is 4.38. The summed E-state index contributed by atoms with van der Waals surface area (Å²) in [6.07, 6.45) is 6.54. The lowest BCUT2D eigenvalue weighted by molar-refractivity contribution is 0.379. The minimum Gasteiger partial charge on any atom is -0.363 e. The monoisotopic (exact) mass is 236 g/mol. The molecular weight excluding hydrogens is 212 g/mol. The molecule has 1 N–H and O–H groups in total. The molecule has 1 aromatic heterocycles. The Morgan fingerprint density at radius 3 is 2.76 bits per heavy atom. The molecule has 0 radical (unpaired) electrons. The third-order valence-electron chi connectivity index (χ3n) is 3.74. The molecule has 4 heteroatoms. The number of piperazine rings is 1. The van der Waals surface area contributed by atoms with Crippen molar-refractivity contribution in [2.45, 2.75) is 52.2 Å². The smallest absolute Gasteiger partial charge is 0.0755 e. The maximum absolute atomic E-state index is 4.38. The van der Waals surface area contributed by atoms with Crippen molar-refractivity contribution in [1.29, 1.82) is 0 Å². The number of hydrogen-bond donors (Lipinski definition) is 1. The molecule has 0 aliphatic carbocycles. The molecule has 0 saturated carbocycles. The van der Waals surface area contributed by atoms with E-state index in [2.05, 4.69) is 42.3 Å². The average molecular weight is 236 g/mol. The average Bonchev–Trinajstić information content (AvgIpc) is 2.86. The van der Waals surface area contributed by atoms with Crippen LogP contribution in [0.1, 0.15) is 33.6 Å². The molecule has 0 amide bonds. The number of aromatic nitrogens is 2. The Bertz CT molecular complexity index is 347. The molecule has 4 nitrogen and oxygen atoms in total. The summed E-state index contributed by atoms with van der Waals surface area (Å²) in [6.45, 7) is 9.77. The lowest BCUT2D eigenvalue weighted by Gasteiger charge is -2.40. The molecule has 2 atom stereocenters. The SMILES string of the molecule is CCC1CN(c2cnn(CC)c2)C(CC)CN1. The first-order chi connectivity index (χ1) is 8.28. The Hall–Kier alpha value is -1.03. The van der Waals surface area contributed by atoms with Gasteiger partial charge in [-0.25, -0.2) is 0 Å². The molecule has 2 unspecified atom stereocenters. The normalized spacial score (nSPS) is 25.2. The number of hydrogen-bond acceptors (Lipinski definition) is 3. The predicted octanol–water partition coefficient (Wildman–Crippen LogP) is 1.87. The third kappa shape index (κ3) is 2.63. The summed E-state index contributed by atoms with van der Waals surface area (Å²) in [5, 5.41) is 8.01. The summed E-state index contributed by atoms with van der Waals surface area (Å²) in [6, 6.07) is 1.22. The molecule has 1 saturated heterocycles. The van der Waals surface area contributed by atoms with Crippen LogP contribution in [0.4, 0.5) is 5.69 Å². The predicted molar refractivity (Wildman–Crippen MR) is 71.4 cm³/mol. The van der Waals surface area contributed by atoms with E-state index >= 15 is 0 Å². The van der Waals surface area contributed by atoms with Gasteiger partial charge in [0.15, 0.2) is 0 Å². The molecule has 1 aromatic rings. The van der Waals surface area contributed by atoms with Gasteiger partial charge in [0, 0.05) is 37.9 Å². The molecule has 0 aromatic carbocycles. The van der Waals surface area contributed by atoms with E-state index < -0.39 is 0 Å². The van der Waals surface area contributed by atoms with Crippen LogP contribution in [-0.2, 0) is 6.54 Å². The van der Waals surface area contributed by atoms with Crippen molar-refractivity contribution >= 4 is 5.69 Å². The van der Waals surface area contributed by atoms with Gasteiger partial charge in [0.1, 0.15) is 0 Å². The highest BCUT2D eigenvalue weighted by Crippen LogP contribution is 2.21. The van der Waals surface area contributed by atoms with E-state index in [1.54, 1.807) is 0 Å². The summed E-state index contributed by atoms with van der Waals surface area (Å²) < 4.78 is 2.00. The van der Waals surface area contributed by atoms with Crippen LogP contribution in [0.3, 0.4) is 0 Å². The Morgan fingerprint density at radius 2 is 2.18 bits per heavy atom. The van der Waals surface area contributed by atoms with Crippen molar-refractivity contribution in [1.82, 2.24) is 15.1 Å². The second-order valence-corrected chi connectivity index (χ2v) is 4.78. The van der Waals surface area contributed by atoms with Gasteiger partial charge in [-0.1, -0.05) is 13.8 Å². The molecule has 0 bridgehead atoms. The fourth-order valence-corrected chi connectivity index (χ4v) is 2.49. The van der Waals surface area contributed by atoms with Gasteiger partial charge in [0.25, 0.3) is 0 Å². The molecule has 96 valence electrons. The van der Waals surface area contributed by atoms with Gasteiger partial charge < -0.3 is 10.2 Å². The van der Waals surface area contributed by atoms with E-state index in [4.69, 9.17) is 0 Å². The highest BCUT2D eigenvalue weighted by Gasteiger charge is 2.26. The van der Waals surface area contributed by atoms with Crippen molar-refractivity contribution in [3.8, 4) is 0 Å². The van der Waals surface area contributed by atoms with E-state index in [-0.39, 0.29) is 0 Å². The van der Waals surface area contributed by atoms with Crippen LogP contribution >= 0.6 is 0 Å². The van der Waals surface area contributed by atoms with E-state index in [1.807, 2.05) is 10.9 Å². The van der Waals surface area contributed by atoms with E-state index in [0.717, 1.165) is 19.6 Å². The summed E-state index contributed by atoms with van der Waals surface area (Å²) in [4.78, 5) is 2.52. The number of aryl methyl sites for hydroxylation is 1. The van der Waals surface area contributed by atoms with Gasteiger partial charge in [-0.3, -0.25) is 4.68 Å². The van der Waals surface area contributed by atoms with Crippen LogP contribution in [0, 0.1) is 0 Å². The highest BCUT2D eigenvalue weighted by atomic mass is 15.3. The van der Waals surface area contributed by atoms with E-state index in [9.17, 15) is 0 Å². The number of rotatable bonds is 4. The lowest BCUT2D eigenvalue weighted by Crippen LogP contribution is -2.56. The number of nitrogens with one attached hydrogen (secondary N) is 1. The molecule has 1 aliphatic rings. The summed E-state index contributed by atoms with van der Waals surface area (Å²) in [5.41, 5.74) is 1.28. The fraction of sp³-hybridized carbons (Fsp3) is 0.769. The third-order valence-corrected chi connectivity index (χ3v) is 3.74. The van der Waals surface area contributed by atoms with Crippen LogP contribution in [-0.4, -0.2) is 35.0 Å². The minimum atomic E-state index is 0.604. The van der Waals surface area contributed by atoms with Crippen LogP contribution in [0.2, 0.25) is 0 Å². The molecule has 2 rings (SSSR count). The second-order valence-electron chi connectivity index (χ2n) is 4.78. The number of anilines is 1. The Labute approximate surface area is 104 Å². The Balaban J connectivity index is 2.13. The first-order valence-corrected chi connectivity index (χ1v) is 6.80. The van der Waals surface area contributed by atoms with Crippen LogP contribution in [0.25, 0.3) is 0 Å². The second kappa shape index (κ2) is 5.54. The zero-order chi connectivity index (χ0) is 12.3. The van der Waals surface area contributed by atoms with Crippen LogP contribution < -0.4 is 10.2 Å². The molecule has 1 fully saturated rings. The zero-order valence-corrected chi connectivity index (χ0v) is 11.2. The molecule has 2 heterocycles.